The molecule has 2 aromatic carbocycles. The molecular formula is C24H27N3O2S. The second-order valence-corrected chi connectivity index (χ2v) is 8.67. The van der Waals surface area contributed by atoms with Gasteiger partial charge in [0.1, 0.15) is 0 Å². The SMILES string of the molecule is CC(C)c1cccc(C(C)C)c1NC(=O)Cc1csc(NC(=O)c2ccccc2)n1. The van der Waals surface area contributed by atoms with Gasteiger partial charge in [-0.25, -0.2) is 4.98 Å². The zero-order chi connectivity index (χ0) is 21.7. The first-order valence-corrected chi connectivity index (χ1v) is 11.0. The molecule has 0 bridgehead atoms. The lowest BCUT2D eigenvalue weighted by Crippen LogP contribution is -2.18. The van der Waals surface area contributed by atoms with Crippen molar-refractivity contribution in [3.63, 3.8) is 0 Å². The fourth-order valence-corrected chi connectivity index (χ4v) is 3.95. The summed E-state index contributed by atoms with van der Waals surface area (Å²) < 4.78 is 0. The van der Waals surface area contributed by atoms with Gasteiger partial charge in [0.05, 0.1) is 12.1 Å². The Morgan fingerprint density at radius 1 is 0.900 bits per heavy atom. The van der Waals surface area contributed by atoms with Crippen LogP contribution in [0.2, 0.25) is 0 Å². The number of nitrogens with one attached hydrogen (secondary N) is 2. The largest absolute Gasteiger partial charge is 0.325 e. The first-order chi connectivity index (χ1) is 14.3. The van der Waals surface area contributed by atoms with E-state index in [1.807, 2.05) is 24.3 Å². The molecule has 3 rings (SSSR count). The lowest BCUT2D eigenvalue weighted by atomic mass is 9.92. The topological polar surface area (TPSA) is 71.1 Å². The van der Waals surface area contributed by atoms with E-state index in [-0.39, 0.29) is 18.2 Å². The molecule has 0 spiro atoms. The van der Waals surface area contributed by atoms with Crippen LogP contribution in [0.5, 0.6) is 0 Å². The van der Waals surface area contributed by atoms with Gasteiger partial charge in [-0.2, -0.15) is 0 Å². The van der Waals surface area contributed by atoms with Gasteiger partial charge in [-0.1, -0.05) is 64.1 Å². The number of hydrogen-bond acceptors (Lipinski definition) is 4. The number of hydrogen-bond donors (Lipinski definition) is 2. The number of nitrogens with zero attached hydrogens (tertiary/aromatic N) is 1. The monoisotopic (exact) mass is 421 g/mol. The van der Waals surface area contributed by atoms with Crippen molar-refractivity contribution in [3.05, 3.63) is 76.3 Å². The van der Waals surface area contributed by atoms with Crippen LogP contribution >= 0.6 is 11.3 Å². The van der Waals surface area contributed by atoms with Crippen molar-refractivity contribution in [1.29, 1.82) is 0 Å². The third kappa shape index (κ3) is 5.33. The molecule has 0 atom stereocenters. The Morgan fingerprint density at radius 2 is 1.53 bits per heavy atom. The van der Waals surface area contributed by atoms with Gasteiger partial charge in [0.15, 0.2) is 5.13 Å². The Kier molecular flexibility index (Phi) is 7.00. The number of carbonyl (C=O) groups excluding carboxylic acids is 2. The summed E-state index contributed by atoms with van der Waals surface area (Å²) in [6.07, 6.45) is 0.154. The molecule has 0 aliphatic carbocycles. The normalized spacial score (nSPS) is 11.0. The third-order valence-electron chi connectivity index (χ3n) is 4.79. The van der Waals surface area contributed by atoms with Gasteiger partial charge in [-0.05, 0) is 35.1 Å². The lowest BCUT2D eigenvalue weighted by Gasteiger charge is -2.20. The van der Waals surface area contributed by atoms with Crippen molar-refractivity contribution in [2.24, 2.45) is 0 Å². The average molecular weight is 422 g/mol. The summed E-state index contributed by atoms with van der Waals surface area (Å²) in [7, 11) is 0. The maximum atomic E-state index is 12.8. The zero-order valence-corrected chi connectivity index (χ0v) is 18.5. The number of carbonyl (C=O) groups is 2. The van der Waals surface area contributed by atoms with E-state index in [9.17, 15) is 9.59 Å². The molecule has 1 aromatic heterocycles. The summed E-state index contributed by atoms with van der Waals surface area (Å²) in [5.74, 6) is 0.278. The summed E-state index contributed by atoms with van der Waals surface area (Å²) in [5, 5.41) is 8.18. The number of aromatic nitrogens is 1. The molecule has 0 unspecified atom stereocenters. The van der Waals surface area contributed by atoms with Gasteiger partial charge < -0.3 is 5.32 Å². The molecule has 2 amide bonds. The molecule has 0 saturated carbocycles. The molecule has 156 valence electrons. The fourth-order valence-electron chi connectivity index (χ4n) is 3.25. The van der Waals surface area contributed by atoms with Crippen LogP contribution in [0.4, 0.5) is 10.8 Å². The first kappa shape index (κ1) is 21.7. The summed E-state index contributed by atoms with van der Waals surface area (Å²) in [5.41, 5.74) is 4.36. The number of anilines is 2. The second kappa shape index (κ2) is 9.67. The average Bonchev–Trinajstić information content (AvgIpc) is 3.14. The smallest absolute Gasteiger partial charge is 0.257 e. The standard InChI is InChI=1S/C24H27N3O2S/c1-15(2)19-11-8-12-20(16(3)4)22(19)26-21(28)13-18-14-30-24(25-18)27-23(29)17-9-6-5-7-10-17/h5-12,14-16H,13H2,1-4H3,(H,26,28)(H,25,27,29). The highest BCUT2D eigenvalue weighted by Crippen LogP contribution is 2.32. The van der Waals surface area contributed by atoms with Crippen molar-refractivity contribution in [2.45, 2.75) is 46.0 Å². The van der Waals surface area contributed by atoms with Crippen LogP contribution in [0.3, 0.4) is 0 Å². The van der Waals surface area contributed by atoms with Crippen molar-refractivity contribution in [2.75, 3.05) is 10.6 Å². The fraction of sp³-hybridized carbons (Fsp3) is 0.292. The van der Waals surface area contributed by atoms with Crippen molar-refractivity contribution < 1.29 is 9.59 Å². The van der Waals surface area contributed by atoms with Gasteiger partial charge in [0.25, 0.3) is 5.91 Å². The number of thiazole rings is 1. The molecule has 0 aliphatic heterocycles. The molecule has 1 heterocycles. The Bertz CT molecular complexity index is 1000. The molecule has 30 heavy (non-hydrogen) atoms. The van der Waals surface area contributed by atoms with Gasteiger partial charge in [0.2, 0.25) is 5.91 Å². The number of para-hydroxylation sites is 1. The number of benzene rings is 2. The van der Waals surface area contributed by atoms with Crippen LogP contribution in [-0.2, 0) is 11.2 Å². The van der Waals surface area contributed by atoms with E-state index < -0.39 is 0 Å². The zero-order valence-electron chi connectivity index (χ0n) is 17.7. The molecule has 0 radical (unpaired) electrons. The molecule has 6 heteroatoms. The minimum absolute atomic E-state index is 0.115. The van der Waals surface area contributed by atoms with Gasteiger partial charge in [-0.3, -0.25) is 14.9 Å². The molecule has 3 aromatic rings. The minimum atomic E-state index is -0.214. The van der Waals surface area contributed by atoms with Crippen molar-refractivity contribution in [1.82, 2.24) is 4.98 Å². The maximum Gasteiger partial charge on any atom is 0.257 e. The number of rotatable bonds is 7. The second-order valence-electron chi connectivity index (χ2n) is 7.81. The molecule has 0 saturated heterocycles. The summed E-state index contributed by atoms with van der Waals surface area (Å²) in [4.78, 5) is 29.4. The highest BCUT2D eigenvalue weighted by molar-refractivity contribution is 7.14. The summed E-state index contributed by atoms with van der Waals surface area (Å²) >= 11 is 1.31. The summed E-state index contributed by atoms with van der Waals surface area (Å²) in [6, 6.07) is 15.1. The predicted molar refractivity (Wildman–Crippen MR) is 123 cm³/mol. The molecule has 2 N–H and O–H groups in total. The molecule has 0 aliphatic rings. The molecular weight excluding hydrogens is 394 g/mol. The minimum Gasteiger partial charge on any atom is -0.325 e. The van der Waals surface area contributed by atoms with Crippen molar-refractivity contribution >= 4 is 34.0 Å². The Hall–Kier alpha value is -2.99. The van der Waals surface area contributed by atoms with Crippen LogP contribution in [-0.4, -0.2) is 16.8 Å². The van der Waals surface area contributed by atoms with Crippen LogP contribution in [0, 0.1) is 0 Å². The summed E-state index contributed by atoms with van der Waals surface area (Å²) in [6.45, 7) is 8.49. The van der Waals surface area contributed by atoms with E-state index in [0.717, 1.165) is 16.8 Å². The molecule has 5 nitrogen and oxygen atoms in total. The van der Waals surface area contributed by atoms with Crippen LogP contribution in [0.25, 0.3) is 0 Å². The predicted octanol–water partition coefficient (Wildman–Crippen LogP) is 5.82. The van der Waals surface area contributed by atoms with Crippen molar-refractivity contribution in [3.8, 4) is 0 Å². The first-order valence-electron chi connectivity index (χ1n) is 10.1. The van der Waals surface area contributed by atoms with Gasteiger partial charge >= 0.3 is 0 Å². The van der Waals surface area contributed by atoms with Crippen LogP contribution < -0.4 is 10.6 Å². The van der Waals surface area contributed by atoms with E-state index in [0.29, 0.717) is 28.2 Å². The quantitative estimate of drug-likeness (QED) is 0.505. The van der Waals surface area contributed by atoms with E-state index in [1.54, 1.807) is 17.5 Å². The Labute approximate surface area is 181 Å². The maximum absolute atomic E-state index is 12.8. The third-order valence-corrected chi connectivity index (χ3v) is 5.59. The Morgan fingerprint density at radius 3 is 2.13 bits per heavy atom. The van der Waals surface area contributed by atoms with Gasteiger partial charge in [0, 0.05) is 16.6 Å². The molecule has 0 fully saturated rings. The lowest BCUT2D eigenvalue weighted by molar-refractivity contribution is -0.115. The van der Waals surface area contributed by atoms with E-state index >= 15 is 0 Å². The van der Waals surface area contributed by atoms with Crippen LogP contribution in [0.1, 0.15) is 66.7 Å². The Balaban J connectivity index is 1.69. The highest BCUT2D eigenvalue weighted by atomic mass is 32.1. The van der Waals surface area contributed by atoms with E-state index in [1.165, 1.54) is 11.3 Å². The number of amides is 2. The van der Waals surface area contributed by atoms with Gasteiger partial charge in [-0.15, -0.1) is 11.3 Å². The van der Waals surface area contributed by atoms with E-state index in [2.05, 4.69) is 55.4 Å². The highest BCUT2D eigenvalue weighted by Gasteiger charge is 2.17. The van der Waals surface area contributed by atoms with Crippen LogP contribution in [0.15, 0.2) is 53.9 Å². The van der Waals surface area contributed by atoms with E-state index in [4.69, 9.17) is 0 Å².